The van der Waals surface area contributed by atoms with Gasteiger partial charge in [0.1, 0.15) is 17.4 Å². The molecule has 2 N–H and O–H groups in total. The highest BCUT2D eigenvalue weighted by Crippen LogP contribution is 2.31. The molecule has 7 nitrogen and oxygen atoms in total. The van der Waals surface area contributed by atoms with E-state index in [9.17, 15) is 26.7 Å². The fourth-order valence-corrected chi connectivity index (χ4v) is 3.54. The largest absolute Gasteiger partial charge is 0.573 e. The molecule has 180 valence electrons. The standard InChI is InChI=1S/C21H24F5N5O2/c1-13-3-4-18(30-19-9-16(6-8-27-19)33-21(24,25)26)29-17(13)11-31-12-20(22,23)7-5-15(31)10-28-14(2)32/h3-4,6,8-9,15H,5,7,10-12H2,1-2H3,(H,28,32)(H,27,29,30). The average molecular weight is 473 g/mol. The number of piperidine rings is 1. The van der Waals surface area contributed by atoms with Gasteiger partial charge in [-0.05, 0) is 31.0 Å². The summed E-state index contributed by atoms with van der Waals surface area (Å²) in [5, 5.41) is 5.49. The summed E-state index contributed by atoms with van der Waals surface area (Å²) in [5.74, 6) is -3.17. The first-order chi connectivity index (χ1) is 15.4. The number of amides is 1. The van der Waals surface area contributed by atoms with Crippen molar-refractivity contribution in [2.45, 2.75) is 51.6 Å². The minimum atomic E-state index is -4.84. The number of anilines is 2. The SMILES string of the molecule is CC(=O)NCC1CCC(F)(F)CN1Cc1nc(Nc2cc(OC(F)(F)F)ccn2)ccc1C. The van der Waals surface area contributed by atoms with Crippen molar-refractivity contribution in [3.05, 3.63) is 41.7 Å². The highest BCUT2D eigenvalue weighted by atomic mass is 19.4. The predicted octanol–water partition coefficient (Wildman–Crippen LogP) is 4.16. The fraction of sp³-hybridized carbons (Fsp3) is 0.476. The Morgan fingerprint density at radius 3 is 2.73 bits per heavy atom. The second kappa shape index (κ2) is 9.86. The molecule has 0 radical (unpaired) electrons. The molecule has 2 aromatic heterocycles. The molecule has 1 amide bonds. The molecule has 1 aliphatic heterocycles. The number of nitrogens with zero attached hydrogens (tertiary/aromatic N) is 3. The Balaban J connectivity index is 1.76. The Morgan fingerprint density at radius 2 is 2.03 bits per heavy atom. The van der Waals surface area contributed by atoms with E-state index < -0.39 is 24.6 Å². The third-order valence-corrected chi connectivity index (χ3v) is 5.16. The van der Waals surface area contributed by atoms with Gasteiger partial charge in [-0.15, -0.1) is 13.2 Å². The monoisotopic (exact) mass is 473 g/mol. The number of carbonyl (C=O) groups excluding carboxylic acids is 1. The summed E-state index contributed by atoms with van der Waals surface area (Å²) in [4.78, 5) is 21.3. The van der Waals surface area contributed by atoms with Crippen molar-refractivity contribution in [2.24, 2.45) is 0 Å². The normalized spacial score (nSPS) is 18.6. The second-order valence-electron chi connectivity index (χ2n) is 7.90. The summed E-state index contributed by atoms with van der Waals surface area (Å²) in [6, 6.07) is 5.20. The lowest BCUT2D eigenvalue weighted by Gasteiger charge is -2.39. The van der Waals surface area contributed by atoms with Gasteiger partial charge in [-0.25, -0.2) is 18.7 Å². The molecule has 1 fully saturated rings. The van der Waals surface area contributed by atoms with Gasteiger partial charge < -0.3 is 15.4 Å². The van der Waals surface area contributed by atoms with Gasteiger partial charge in [0.05, 0.1) is 12.2 Å². The molecule has 1 saturated heterocycles. The zero-order chi connectivity index (χ0) is 24.2. The van der Waals surface area contributed by atoms with Gasteiger partial charge in [0.15, 0.2) is 0 Å². The number of rotatable bonds is 7. The first-order valence-corrected chi connectivity index (χ1v) is 10.2. The van der Waals surface area contributed by atoms with Crippen LogP contribution in [0.3, 0.4) is 0 Å². The van der Waals surface area contributed by atoms with E-state index in [-0.39, 0.29) is 49.5 Å². The molecule has 1 atom stereocenters. The Hall–Kier alpha value is -3.02. The molecule has 12 heteroatoms. The number of hydrogen-bond donors (Lipinski definition) is 2. The van der Waals surface area contributed by atoms with Crippen LogP contribution in [-0.2, 0) is 11.3 Å². The van der Waals surface area contributed by atoms with Gasteiger partial charge >= 0.3 is 6.36 Å². The highest BCUT2D eigenvalue weighted by molar-refractivity contribution is 5.72. The number of likely N-dealkylation sites (tertiary alicyclic amines) is 1. The van der Waals surface area contributed by atoms with Crippen molar-refractivity contribution in [2.75, 3.05) is 18.4 Å². The molecule has 0 spiro atoms. The molecule has 0 saturated carbocycles. The average Bonchev–Trinajstić information content (AvgIpc) is 2.68. The summed E-state index contributed by atoms with van der Waals surface area (Å²) in [5.41, 5.74) is 1.28. The molecule has 33 heavy (non-hydrogen) atoms. The van der Waals surface area contributed by atoms with E-state index in [4.69, 9.17) is 0 Å². The van der Waals surface area contributed by atoms with Gasteiger partial charge in [-0.1, -0.05) is 6.07 Å². The van der Waals surface area contributed by atoms with E-state index >= 15 is 0 Å². The molecule has 3 rings (SSSR count). The van der Waals surface area contributed by atoms with Gasteiger partial charge in [0, 0.05) is 44.7 Å². The Kier molecular flexibility index (Phi) is 7.35. The summed E-state index contributed by atoms with van der Waals surface area (Å²) >= 11 is 0. The molecule has 2 aromatic rings. The number of ether oxygens (including phenoxy) is 1. The highest BCUT2D eigenvalue weighted by Gasteiger charge is 2.40. The Labute approximate surface area is 187 Å². The van der Waals surface area contributed by atoms with Crippen LogP contribution in [0.15, 0.2) is 30.5 Å². The zero-order valence-corrected chi connectivity index (χ0v) is 18.0. The van der Waals surface area contributed by atoms with Crippen LogP contribution < -0.4 is 15.4 Å². The van der Waals surface area contributed by atoms with E-state index in [1.807, 2.05) is 0 Å². The molecule has 0 aromatic carbocycles. The molecule has 1 aliphatic rings. The molecule has 0 aliphatic carbocycles. The molecule has 1 unspecified atom stereocenters. The van der Waals surface area contributed by atoms with E-state index in [0.717, 1.165) is 23.9 Å². The summed E-state index contributed by atoms with van der Waals surface area (Å²) in [6.07, 6.45) is -3.72. The van der Waals surface area contributed by atoms with Crippen LogP contribution in [0.2, 0.25) is 0 Å². The van der Waals surface area contributed by atoms with Crippen molar-refractivity contribution in [1.29, 1.82) is 0 Å². The maximum absolute atomic E-state index is 14.1. The lowest BCUT2D eigenvalue weighted by molar-refractivity contribution is -0.274. The van der Waals surface area contributed by atoms with Crippen molar-refractivity contribution in [3.63, 3.8) is 0 Å². The van der Waals surface area contributed by atoms with Crippen molar-refractivity contribution in [3.8, 4) is 5.75 Å². The molecule has 0 bridgehead atoms. The first kappa shape index (κ1) is 24.6. The van der Waals surface area contributed by atoms with Gasteiger partial charge in [-0.2, -0.15) is 0 Å². The topological polar surface area (TPSA) is 79.4 Å². The van der Waals surface area contributed by atoms with Crippen LogP contribution in [0.5, 0.6) is 5.75 Å². The maximum atomic E-state index is 14.1. The summed E-state index contributed by atoms with van der Waals surface area (Å²) in [7, 11) is 0. The zero-order valence-electron chi connectivity index (χ0n) is 18.0. The maximum Gasteiger partial charge on any atom is 0.573 e. The lowest BCUT2D eigenvalue weighted by atomic mass is 9.98. The Morgan fingerprint density at radius 1 is 1.27 bits per heavy atom. The number of hydrogen-bond acceptors (Lipinski definition) is 6. The van der Waals surface area contributed by atoms with Crippen LogP contribution in [0.1, 0.15) is 31.0 Å². The van der Waals surface area contributed by atoms with Gasteiger partial charge in [0.25, 0.3) is 5.92 Å². The third-order valence-electron chi connectivity index (χ3n) is 5.16. The number of carbonyl (C=O) groups is 1. The third kappa shape index (κ3) is 7.52. The first-order valence-electron chi connectivity index (χ1n) is 10.2. The second-order valence-corrected chi connectivity index (χ2v) is 7.90. The quantitative estimate of drug-likeness (QED) is 0.588. The number of alkyl halides is 5. The van der Waals surface area contributed by atoms with Crippen molar-refractivity contribution < 1.29 is 31.5 Å². The van der Waals surface area contributed by atoms with Crippen molar-refractivity contribution in [1.82, 2.24) is 20.2 Å². The van der Waals surface area contributed by atoms with Crippen LogP contribution in [-0.4, -0.2) is 52.2 Å². The number of aryl methyl sites for hydroxylation is 1. The lowest BCUT2D eigenvalue weighted by Crippen LogP contribution is -2.52. The van der Waals surface area contributed by atoms with Crippen LogP contribution in [0, 0.1) is 6.92 Å². The van der Waals surface area contributed by atoms with E-state index in [1.165, 1.54) is 6.92 Å². The van der Waals surface area contributed by atoms with E-state index in [2.05, 4.69) is 25.3 Å². The van der Waals surface area contributed by atoms with Crippen LogP contribution in [0.25, 0.3) is 0 Å². The number of halogens is 5. The van der Waals surface area contributed by atoms with E-state index in [0.29, 0.717) is 5.69 Å². The summed E-state index contributed by atoms with van der Waals surface area (Å²) in [6.45, 7) is 3.05. The molecule has 3 heterocycles. The van der Waals surface area contributed by atoms with Crippen LogP contribution >= 0.6 is 0 Å². The number of aromatic nitrogens is 2. The fourth-order valence-electron chi connectivity index (χ4n) is 3.54. The minimum absolute atomic E-state index is 0.0760. The number of nitrogens with one attached hydrogen (secondary N) is 2. The molecular weight excluding hydrogens is 449 g/mol. The smallest absolute Gasteiger partial charge is 0.406 e. The molecular formula is C21H24F5N5O2. The predicted molar refractivity (Wildman–Crippen MR) is 110 cm³/mol. The van der Waals surface area contributed by atoms with Gasteiger partial charge in [-0.3, -0.25) is 9.69 Å². The van der Waals surface area contributed by atoms with E-state index in [1.54, 1.807) is 24.0 Å². The van der Waals surface area contributed by atoms with Gasteiger partial charge in [0.2, 0.25) is 5.91 Å². The number of pyridine rings is 2. The van der Waals surface area contributed by atoms with Crippen molar-refractivity contribution >= 4 is 17.5 Å². The Bertz CT molecular complexity index is 986. The minimum Gasteiger partial charge on any atom is -0.406 e. The van der Waals surface area contributed by atoms with Crippen LogP contribution in [0.4, 0.5) is 33.6 Å². The summed E-state index contributed by atoms with van der Waals surface area (Å²) < 4.78 is 69.4.